The Hall–Kier alpha value is -0.580. The normalized spacial score (nSPS) is 11.6. The lowest BCUT2D eigenvalue weighted by atomic mass is 10.2. The molecule has 1 heterocycles. The van der Waals surface area contributed by atoms with E-state index in [9.17, 15) is 0 Å². The second-order valence-electron chi connectivity index (χ2n) is 4.10. The summed E-state index contributed by atoms with van der Waals surface area (Å²) >= 11 is 11.4. The van der Waals surface area contributed by atoms with Gasteiger partial charge in [-0.25, -0.2) is 4.98 Å². The maximum Gasteiger partial charge on any atom is 0.237 e. The number of rotatable bonds is 4. The lowest BCUT2D eigenvalue weighted by molar-refractivity contribution is -0.0168. The van der Waals surface area contributed by atoms with Gasteiger partial charge in [0.1, 0.15) is 11.6 Å². The Kier molecular flexibility index (Phi) is 4.77. The molecule has 1 aromatic rings. The zero-order valence-electron chi connectivity index (χ0n) is 9.46. The van der Waals surface area contributed by atoms with Crippen molar-refractivity contribution in [3.8, 4) is 5.88 Å². The SMILES string of the molecule is CC(C)(C)OCCOc1nc(Cl)ncc1Cl. The van der Waals surface area contributed by atoms with Crippen LogP contribution in [0.15, 0.2) is 6.20 Å². The average Bonchev–Trinajstić information content (AvgIpc) is 2.16. The molecular weight excluding hydrogens is 251 g/mol. The van der Waals surface area contributed by atoms with E-state index < -0.39 is 0 Å². The van der Waals surface area contributed by atoms with Gasteiger partial charge in [-0.05, 0) is 32.4 Å². The standard InChI is InChI=1S/C10H14Cl2N2O2/c1-10(2,3)16-5-4-15-8-7(11)6-13-9(12)14-8/h6H,4-5H2,1-3H3. The fourth-order valence-electron chi connectivity index (χ4n) is 0.919. The third kappa shape index (κ3) is 4.96. The summed E-state index contributed by atoms with van der Waals surface area (Å²) in [6, 6.07) is 0. The average molecular weight is 265 g/mol. The van der Waals surface area contributed by atoms with Crippen LogP contribution < -0.4 is 4.74 Å². The minimum atomic E-state index is -0.184. The molecule has 0 unspecified atom stereocenters. The van der Waals surface area contributed by atoms with Crippen LogP contribution >= 0.6 is 23.2 Å². The largest absolute Gasteiger partial charge is 0.474 e. The Morgan fingerprint density at radius 3 is 2.56 bits per heavy atom. The molecule has 0 amide bonds. The summed E-state index contributed by atoms with van der Waals surface area (Å²) in [7, 11) is 0. The molecule has 1 aromatic heterocycles. The molecule has 0 spiro atoms. The summed E-state index contributed by atoms with van der Waals surface area (Å²) in [6.45, 7) is 6.75. The van der Waals surface area contributed by atoms with Crippen molar-refractivity contribution in [2.24, 2.45) is 0 Å². The lowest BCUT2D eigenvalue weighted by Crippen LogP contribution is -2.22. The van der Waals surface area contributed by atoms with Crippen molar-refractivity contribution in [1.29, 1.82) is 0 Å². The summed E-state index contributed by atoms with van der Waals surface area (Å²) in [5, 5.41) is 0.441. The van der Waals surface area contributed by atoms with Gasteiger partial charge < -0.3 is 9.47 Å². The van der Waals surface area contributed by atoms with Crippen LogP contribution in [-0.4, -0.2) is 28.8 Å². The fourth-order valence-corrected chi connectivity index (χ4v) is 1.19. The van der Waals surface area contributed by atoms with E-state index in [1.54, 1.807) is 0 Å². The molecule has 6 heteroatoms. The molecular formula is C10H14Cl2N2O2. The van der Waals surface area contributed by atoms with Crippen LogP contribution in [0.4, 0.5) is 0 Å². The van der Waals surface area contributed by atoms with Crippen molar-refractivity contribution in [2.75, 3.05) is 13.2 Å². The summed E-state index contributed by atoms with van der Waals surface area (Å²) in [5.41, 5.74) is -0.184. The molecule has 0 atom stereocenters. The van der Waals surface area contributed by atoms with Crippen LogP contribution in [0.3, 0.4) is 0 Å². The second-order valence-corrected chi connectivity index (χ2v) is 4.85. The molecule has 0 bridgehead atoms. The van der Waals surface area contributed by atoms with Gasteiger partial charge in [0.2, 0.25) is 11.2 Å². The van der Waals surface area contributed by atoms with Crippen molar-refractivity contribution in [1.82, 2.24) is 9.97 Å². The van der Waals surface area contributed by atoms with Crippen LogP contribution in [-0.2, 0) is 4.74 Å². The molecule has 0 saturated heterocycles. The topological polar surface area (TPSA) is 44.2 Å². The Morgan fingerprint density at radius 1 is 1.25 bits per heavy atom. The predicted octanol–water partition coefficient (Wildman–Crippen LogP) is 2.98. The van der Waals surface area contributed by atoms with E-state index in [1.165, 1.54) is 6.20 Å². The van der Waals surface area contributed by atoms with Crippen molar-refractivity contribution in [3.05, 3.63) is 16.5 Å². The number of nitrogens with zero attached hydrogens (tertiary/aromatic N) is 2. The van der Waals surface area contributed by atoms with Crippen LogP contribution in [0.2, 0.25) is 10.3 Å². The molecule has 0 fully saturated rings. The minimum Gasteiger partial charge on any atom is -0.474 e. The molecule has 4 nitrogen and oxygen atoms in total. The molecule has 16 heavy (non-hydrogen) atoms. The first kappa shape index (κ1) is 13.5. The molecule has 0 radical (unpaired) electrons. The maximum atomic E-state index is 5.82. The molecule has 0 aromatic carbocycles. The van der Waals surface area contributed by atoms with Gasteiger partial charge in [0.25, 0.3) is 0 Å². The zero-order valence-corrected chi connectivity index (χ0v) is 11.0. The third-order valence-electron chi connectivity index (χ3n) is 1.54. The van der Waals surface area contributed by atoms with E-state index in [1.807, 2.05) is 20.8 Å². The molecule has 0 saturated carbocycles. The predicted molar refractivity (Wildman–Crippen MR) is 63.3 cm³/mol. The highest BCUT2D eigenvalue weighted by Gasteiger charge is 2.10. The summed E-state index contributed by atoms with van der Waals surface area (Å²) < 4.78 is 10.8. The van der Waals surface area contributed by atoms with E-state index in [0.29, 0.717) is 18.2 Å². The quantitative estimate of drug-likeness (QED) is 0.620. The molecule has 1 rings (SSSR count). The van der Waals surface area contributed by atoms with E-state index in [-0.39, 0.29) is 16.8 Å². The van der Waals surface area contributed by atoms with Crippen LogP contribution in [0.1, 0.15) is 20.8 Å². The van der Waals surface area contributed by atoms with Gasteiger partial charge in [-0.2, -0.15) is 4.98 Å². The number of hydrogen-bond donors (Lipinski definition) is 0. The Balaban J connectivity index is 2.40. The Morgan fingerprint density at radius 2 is 1.94 bits per heavy atom. The van der Waals surface area contributed by atoms with E-state index >= 15 is 0 Å². The molecule has 0 N–H and O–H groups in total. The van der Waals surface area contributed by atoms with Crippen molar-refractivity contribution < 1.29 is 9.47 Å². The van der Waals surface area contributed by atoms with Gasteiger partial charge in [-0.3, -0.25) is 0 Å². The van der Waals surface area contributed by atoms with Gasteiger partial charge in [-0.15, -0.1) is 0 Å². The monoisotopic (exact) mass is 264 g/mol. The fraction of sp³-hybridized carbons (Fsp3) is 0.600. The van der Waals surface area contributed by atoms with E-state index in [2.05, 4.69) is 9.97 Å². The Labute approximate surface area is 105 Å². The lowest BCUT2D eigenvalue weighted by Gasteiger charge is -2.19. The Bertz CT molecular complexity index is 353. The molecule has 0 aliphatic rings. The van der Waals surface area contributed by atoms with Gasteiger partial charge in [0.15, 0.2) is 0 Å². The first-order chi connectivity index (χ1) is 7.38. The van der Waals surface area contributed by atoms with Crippen molar-refractivity contribution in [3.63, 3.8) is 0 Å². The molecule has 90 valence electrons. The summed E-state index contributed by atoms with van der Waals surface area (Å²) in [6.07, 6.45) is 1.40. The van der Waals surface area contributed by atoms with Gasteiger partial charge in [0.05, 0.1) is 18.4 Å². The summed E-state index contributed by atoms with van der Waals surface area (Å²) in [4.78, 5) is 7.57. The highest BCUT2D eigenvalue weighted by atomic mass is 35.5. The minimum absolute atomic E-state index is 0.108. The first-order valence-corrected chi connectivity index (χ1v) is 5.59. The van der Waals surface area contributed by atoms with Crippen molar-refractivity contribution >= 4 is 23.2 Å². The molecule has 0 aliphatic heterocycles. The highest BCUT2D eigenvalue weighted by molar-refractivity contribution is 6.32. The first-order valence-electron chi connectivity index (χ1n) is 4.83. The number of halogens is 2. The van der Waals surface area contributed by atoms with E-state index in [0.717, 1.165) is 0 Å². The van der Waals surface area contributed by atoms with Crippen LogP contribution in [0.5, 0.6) is 5.88 Å². The second kappa shape index (κ2) is 5.66. The van der Waals surface area contributed by atoms with Gasteiger partial charge in [-0.1, -0.05) is 11.6 Å². The zero-order chi connectivity index (χ0) is 12.2. The van der Waals surface area contributed by atoms with Gasteiger partial charge in [0, 0.05) is 0 Å². The number of hydrogen-bond acceptors (Lipinski definition) is 4. The van der Waals surface area contributed by atoms with Crippen molar-refractivity contribution in [2.45, 2.75) is 26.4 Å². The number of aromatic nitrogens is 2. The van der Waals surface area contributed by atoms with Gasteiger partial charge >= 0.3 is 0 Å². The third-order valence-corrected chi connectivity index (χ3v) is 1.98. The molecule has 0 aliphatic carbocycles. The highest BCUT2D eigenvalue weighted by Crippen LogP contribution is 2.21. The maximum absolute atomic E-state index is 5.82. The van der Waals surface area contributed by atoms with Crippen LogP contribution in [0.25, 0.3) is 0 Å². The summed E-state index contributed by atoms with van der Waals surface area (Å²) in [5.74, 6) is 0.277. The van der Waals surface area contributed by atoms with Crippen LogP contribution in [0, 0.1) is 0 Å². The smallest absolute Gasteiger partial charge is 0.237 e. The van der Waals surface area contributed by atoms with E-state index in [4.69, 9.17) is 32.7 Å². The number of ether oxygens (including phenoxy) is 2.